The van der Waals surface area contributed by atoms with Crippen LogP contribution in [0.15, 0.2) is 21.6 Å². The van der Waals surface area contributed by atoms with E-state index in [1.165, 1.54) is 38.8 Å². The van der Waals surface area contributed by atoms with Gasteiger partial charge in [-0.15, -0.1) is 0 Å². The normalized spacial score (nSPS) is 24.5. The Kier molecular flexibility index (Phi) is 4.65. The van der Waals surface area contributed by atoms with E-state index in [-0.39, 0.29) is 5.09 Å². The van der Waals surface area contributed by atoms with Crippen LogP contribution in [0.5, 0.6) is 0 Å². The highest BCUT2D eigenvalue weighted by Crippen LogP contribution is 2.24. The molecule has 1 saturated carbocycles. The first kappa shape index (κ1) is 14.6. The van der Waals surface area contributed by atoms with Crippen molar-refractivity contribution in [2.24, 2.45) is 5.92 Å². The summed E-state index contributed by atoms with van der Waals surface area (Å²) in [4.78, 5) is 0. The number of hydrogen-bond donors (Lipinski definition) is 2. The molecule has 1 aromatic rings. The molecule has 2 unspecified atom stereocenters. The highest BCUT2D eigenvalue weighted by molar-refractivity contribution is 7.89. The minimum atomic E-state index is -3.48. The van der Waals surface area contributed by atoms with Gasteiger partial charge in [0.1, 0.15) is 5.76 Å². The van der Waals surface area contributed by atoms with Gasteiger partial charge < -0.3 is 9.73 Å². The van der Waals surface area contributed by atoms with Crippen LogP contribution >= 0.6 is 0 Å². The molecule has 2 atom stereocenters. The number of hydrogen-bond acceptors (Lipinski definition) is 4. The van der Waals surface area contributed by atoms with Gasteiger partial charge in [0.2, 0.25) is 5.09 Å². The van der Waals surface area contributed by atoms with E-state index < -0.39 is 10.0 Å². The van der Waals surface area contributed by atoms with Gasteiger partial charge in [-0.25, -0.2) is 13.1 Å². The van der Waals surface area contributed by atoms with Crippen LogP contribution in [0.25, 0.3) is 0 Å². The van der Waals surface area contributed by atoms with Crippen LogP contribution < -0.4 is 10.0 Å². The van der Waals surface area contributed by atoms with Gasteiger partial charge in [-0.1, -0.05) is 19.8 Å². The lowest BCUT2D eigenvalue weighted by atomic mass is 9.86. The van der Waals surface area contributed by atoms with E-state index in [4.69, 9.17) is 4.42 Å². The molecule has 108 valence electrons. The molecular formula is C13H22N2O3S. The molecule has 1 aliphatic carbocycles. The summed E-state index contributed by atoms with van der Waals surface area (Å²) >= 11 is 0. The second-order valence-electron chi connectivity index (χ2n) is 5.18. The molecule has 5 nitrogen and oxygen atoms in total. The summed E-state index contributed by atoms with van der Waals surface area (Å²) in [6.07, 6.45) is 5.02. The van der Waals surface area contributed by atoms with Crippen molar-refractivity contribution < 1.29 is 12.8 Å². The lowest BCUT2D eigenvalue weighted by Gasteiger charge is -2.29. The van der Waals surface area contributed by atoms with Gasteiger partial charge in [0.25, 0.3) is 10.0 Å². The maximum Gasteiger partial charge on any atom is 0.273 e. The van der Waals surface area contributed by atoms with Crippen LogP contribution in [0, 0.1) is 5.92 Å². The summed E-state index contributed by atoms with van der Waals surface area (Å²) in [7, 11) is -2.10. The molecule has 0 aliphatic heterocycles. The van der Waals surface area contributed by atoms with Crippen LogP contribution in [-0.4, -0.2) is 21.5 Å². The van der Waals surface area contributed by atoms with Crippen molar-refractivity contribution in [3.05, 3.63) is 17.9 Å². The molecule has 6 heteroatoms. The first-order valence-electron chi connectivity index (χ1n) is 6.78. The lowest BCUT2D eigenvalue weighted by Crippen LogP contribution is -2.36. The number of furan rings is 1. The van der Waals surface area contributed by atoms with E-state index in [2.05, 4.69) is 17.0 Å². The molecule has 2 rings (SSSR count). The van der Waals surface area contributed by atoms with E-state index >= 15 is 0 Å². The van der Waals surface area contributed by atoms with Crippen molar-refractivity contribution in [3.8, 4) is 0 Å². The van der Waals surface area contributed by atoms with Gasteiger partial charge in [0.05, 0.1) is 6.54 Å². The predicted octanol–water partition coefficient (Wildman–Crippen LogP) is 1.86. The quantitative estimate of drug-likeness (QED) is 0.866. The molecule has 0 spiro atoms. The minimum absolute atomic E-state index is 0.0245. The third-order valence-corrected chi connectivity index (χ3v) is 5.11. The Labute approximate surface area is 114 Å². The standard InChI is InChI=1S/C13H22N2O3S/c1-10-5-3-4-6-12(10)15-9-11-7-8-13(18-11)19(16,17)14-2/h7-8,10,12,14-15H,3-6,9H2,1-2H3. The van der Waals surface area contributed by atoms with Gasteiger partial charge >= 0.3 is 0 Å². The summed E-state index contributed by atoms with van der Waals surface area (Å²) in [6.45, 7) is 2.84. The van der Waals surface area contributed by atoms with E-state index in [0.29, 0.717) is 24.3 Å². The Morgan fingerprint density at radius 2 is 2.05 bits per heavy atom. The fraction of sp³-hybridized carbons (Fsp3) is 0.692. The Balaban J connectivity index is 1.93. The molecule has 19 heavy (non-hydrogen) atoms. The zero-order valence-electron chi connectivity index (χ0n) is 11.5. The highest BCUT2D eigenvalue weighted by atomic mass is 32.2. The molecule has 1 aromatic heterocycles. The number of nitrogens with one attached hydrogen (secondary N) is 2. The van der Waals surface area contributed by atoms with Crippen LogP contribution in [0.2, 0.25) is 0 Å². The maximum absolute atomic E-state index is 11.5. The van der Waals surface area contributed by atoms with Crippen LogP contribution in [0.4, 0.5) is 0 Å². The molecule has 1 heterocycles. The fourth-order valence-electron chi connectivity index (χ4n) is 2.55. The molecule has 0 aromatic carbocycles. The third kappa shape index (κ3) is 3.58. The van der Waals surface area contributed by atoms with Gasteiger partial charge in [0.15, 0.2) is 0 Å². The van der Waals surface area contributed by atoms with Crippen LogP contribution in [0.1, 0.15) is 38.4 Å². The highest BCUT2D eigenvalue weighted by Gasteiger charge is 2.21. The molecule has 0 bridgehead atoms. The van der Waals surface area contributed by atoms with Gasteiger partial charge in [-0.05, 0) is 37.9 Å². The van der Waals surface area contributed by atoms with E-state index in [0.717, 1.165) is 0 Å². The second kappa shape index (κ2) is 6.07. The first-order valence-corrected chi connectivity index (χ1v) is 8.27. The van der Waals surface area contributed by atoms with Crippen molar-refractivity contribution in [1.82, 2.24) is 10.0 Å². The molecule has 1 aliphatic rings. The maximum atomic E-state index is 11.5. The molecular weight excluding hydrogens is 264 g/mol. The summed E-state index contributed by atoms with van der Waals surface area (Å²) in [6, 6.07) is 3.71. The molecule has 2 N–H and O–H groups in total. The summed E-state index contributed by atoms with van der Waals surface area (Å²) in [5.74, 6) is 1.33. The van der Waals surface area contributed by atoms with Crippen LogP contribution in [0.3, 0.4) is 0 Å². The average Bonchev–Trinajstić information content (AvgIpc) is 2.87. The van der Waals surface area contributed by atoms with Crippen molar-refractivity contribution in [1.29, 1.82) is 0 Å². The van der Waals surface area contributed by atoms with Crippen molar-refractivity contribution in [3.63, 3.8) is 0 Å². The van der Waals surface area contributed by atoms with E-state index in [1.807, 2.05) is 0 Å². The van der Waals surface area contributed by atoms with Crippen molar-refractivity contribution >= 4 is 10.0 Å². The third-order valence-electron chi connectivity index (χ3n) is 3.82. The second-order valence-corrected chi connectivity index (χ2v) is 6.99. The van der Waals surface area contributed by atoms with Crippen LogP contribution in [-0.2, 0) is 16.6 Å². The summed E-state index contributed by atoms with van der Waals surface area (Å²) in [5, 5.41) is 3.44. The zero-order valence-corrected chi connectivity index (χ0v) is 12.3. The lowest BCUT2D eigenvalue weighted by molar-refractivity contribution is 0.269. The number of sulfonamides is 1. The largest absolute Gasteiger partial charge is 0.447 e. The molecule has 1 fully saturated rings. The molecule has 0 radical (unpaired) electrons. The van der Waals surface area contributed by atoms with E-state index in [1.54, 1.807) is 6.07 Å². The zero-order chi connectivity index (χ0) is 13.9. The fourth-order valence-corrected chi connectivity index (χ4v) is 3.21. The van der Waals surface area contributed by atoms with Gasteiger partial charge in [-0.3, -0.25) is 0 Å². The van der Waals surface area contributed by atoms with E-state index in [9.17, 15) is 8.42 Å². The van der Waals surface area contributed by atoms with Gasteiger partial charge in [0, 0.05) is 6.04 Å². The Morgan fingerprint density at radius 1 is 1.32 bits per heavy atom. The Bertz CT molecular complexity index is 510. The SMILES string of the molecule is CNS(=O)(=O)c1ccc(CNC2CCCCC2C)o1. The molecule has 0 amide bonds. The summed E-state index contributed by atoms with van der Waals surface area (Å²) in [5.41, 5.74) is 0. The number of rotatable bonds is 5. The van der Waals surface area contributed by atoms with Gasteiger partial charge in [-0.2, -0.15) is 0 Å². The smallest absolute Gasteiger partial charge is 0.273 e. The topological polar surface area (TPSA) is 71.3 Å². The average molecular weight is 286 g/mol. The Hall–Kier alpha value is -0.850. The monoisotopic (exact) mass is 286 g/mol. The minimum Gasteiger partial charge on any atom is -0.447 e. The van der Waals surface area contributed by atoms with Crippen molar-refractivity contribution in [2.45, 2.75) is 50.3 Å². The Morgan fingerprint density at radius 3 is 2.74 bits per heavy atom. The summed E-state index contributed by atoms with van der Waals surface area (Å²) < 4.78 is 30.7. The predicted molar refractivity (Wildman–Crippen MR) is 73.2 cm³/mol. The first-order chi connectivity index (χ1) is 9.03. The van der Waals surface area contributed by atoms with Crippen molar-refractivity contribution in [2.75, 3.05) is 7.05 Å². The molecule has 0 saturated heterocycles.